The Labute approximate surface area is 150 Å². The van der Waals surface area contributed by atoms with Crippen LogP contribution in [-0.2, 0) is 6.18 Å². The first-order valence-electron chi connectivity index (χ1n) is 8.54. The fourth-order valence-electron chi connectivity index (χ4n) is 2.62. The summed E-state index contributed by atoms with van der Waals surface area (Å²) in [5.74, 6) is 1.02. The van der Waals surface area contributed by atoms with Crippen LogP contribution >= 0.6 is 0 Å². The molecule has 1 aromatic carbocycles. The molecule has 0 unspecified atom stereocenters. The Balaban J connectivity index is 0.000000197. The summed E-state index contributed by atoms with van der Waals surface area (Å²) in [6, 6.07) is 9.91. The summed E-state index contributed by atoms with van der Waals surface area (Å²) in [6.07, 6.45) is -0.896. The van der Waals surface area contributed by atoms with E-state index < -0.39 is 17.3 Å². The third kappa shape index (κ3) is 5.82. The lowest BCUT2D eigenvalue weighted by Crippen LogP contribution is -2.19. The average molecular weight is 368 g/mol. The minimum absolute atomic E-state index is 0.244. The van der Waals surface area contributed by atoms with Crippen LogP contribution in [0.15, 0.2) is 47.4 Å². The molecule has 3 rings (SSSR count). The highest BCUT2D eigenvalue weighted by Gasteiger charge is 2.30. The molecule has 4 nitrogen and oxygen atoms in total. The van der Waals surface area contributed by atoms with E-state index >= 15 is 0 Å². The molecule has 1 aromatic heterocycles. The van der Waals surface area contributed by atoms with E-state index in [0.717, 1.165) is 17.9 Å². The molecule has 142 valence electrons. The van der Waals surface area contributed by atoms with Crippen molar-refractivity contribution >= 4 is 5.69 Å². The van der Waals surface area contributed by atoms with Crippen molar-refractivity contribution in [3.8, 4) is 5.75 Å². The first-order chi connectivity index (χ1) is 12.3. The van der Waals surface area contributed by atoms with Gasteiger partial charge in [-0.1, -0.05) is 12.1 Å². The zero-order chi connectivity index (χ0) is 19.2. The highest BCUT2D eigenvalue weighted by molar-refractivity contribution is 5.58. The van der Waals surface area contributed by atoms with Crippen molar-refractivity contribution in [1.29, 1.82) is 0 Å². The number of aromatic nitrogens is 1. The molecule has 0 amide bonds. The van der Waals surface area contributed by atoms with Gasteiger partial charge in [0.1, 0.15) is 5.75 Å². The van der Waals surface area contributed by atoms with Crippen molar-refractivity contribution in [3.63, 3.8) is 0 Å². The summed E-state index contributed by atoms with van der Waals surface area (Å²) in [5.41, 5.74) is -0.140. The summed E-state index contributed by atoms with van der Waals surface area (Å²) >= 11 is 0. The van der Waals surface area contributed by atoms with Gasteiger partial charge in [-0.05, 0) is 44.9 Å². The number of hydrogen-bond donors (Lipinski definition) is 1. The molecule has 0 atom stereocenters. The van der Waals surface area contributed by atoms with Crippen molar-refractivity contribution in [2.75, 3.05) is 18.0 Å². The van der Waals surface area contributed by atoms with Crippen LogP contribution < -0.4 is 15.2 Å². The Morgan fingerprint density at radius 3 is 2.27 bits per heavy atom. The molecule has 1 aliphatic rings. The second-order valence-corrected chi connectivity index (χ2v) is 6.27. The van der Waals surface area contributed by atoms with Gasteiger partial charge in [0.2, 0.25) is 5.56 Å². The number of aromatic amines is 1. The number of anilines is 1. The van der Waals surface area contributed by atoms with E-state index in [1.165, 1.54) is 31.6 Å². The summed E-state index contributed by atoms with van der Waals surface area (Å²) in [6.45, 7) is 6.47. The highest BCUT2D eigenvalue weighted by Crippen LogP contribution is 2.31. The number of nitrogens with zero attached hydrogens (tertiary/aromatic N) is 1. The smallest absolute Gasteiger partial charge is 0.417 e. The second-order valence-electron chi connectivity index (χ2n) is 6.27. The fourth-order valence-corrected chi connectivity index (χ4v) is 2.62. The molecule has 0 saturated carbocycles. The number of halogens is 3. The first kappa shape index (κ1) is 19.9. The number of nitrogens with one attached hydrogen (secondary N) is 1. The maximum absolute atomic E-state index is 11.8. The maximum Gasteiger partial charge on any atom is 0.417 e. The molecule has 0 radical (unpaired) electrons. The second kappa shape index (κ2) is 8.78. The van der Waals surface area contributed by atoms with Gasteiger partial charge in [0.05, 0.1) is 17.4 Å². The van der Waals surface area contributed by atoms with Crippen molar-refractivity contribution < 1.29 is 17.9 Å². The molecule has 7 heteroatoms. The number of alkyl halides is 3. The largest absolute Gasteiger partial charge is 0.489 e. The molecular formula is C19H23F3N2O2. The van der Waals surface area contributed by atoms with Gasteiger partial charge < -0.3 is 14.6 Å². The van der Waals surface area contributed by atoms with Crippen LogP contribution in [0.4, 0.5) is 18.9 Å². The number of benzene rings is 1. The predicted octanol–water partition coefficient (Wildman–Crippen LogP) is 4.47. The van der Waals surface area contributed by atoms with Gasteiger partial charge in [-0.2, -0.15) is 13.2 Å². The van der Waals surface area contributed by atoms with Crippen molar-refractivity contribution in [2.24, 2.45) is 0 Å². The van der Waals surface area contributed by atoms with Crippen molar-refractivity contribution in [1.82, 2.24) is 4.98 Å². The fraction of sp³-hybridized carbons (Fsp3) is 0.421. The van der Waals surface area contributed by atoms with E-state index in [0.29, 0.717) is 6.20 Å². The quantitative estimate of drug-likeness (QED) is 0.870. The predicted molar refractivity (Wildman–Crippen MR) is 95.7 cm³/mol. The van der Waals surface area contributed by atoms with Crippen LogP contribution in [0.25, 0.3) is 0 Å². The van der Waals surface area contributed by atoms with Gasteiger partial charge in [-0.25, -0.2) is 0 Å². The standard InChI is InChI=1S/C13H19NO.C6H4F3NO/c1-11(2)15-13-8-4-3-7-12(13)14-9-5-6-10-14;7-6(8,9)4-1-2-5(11)10-3-4/h3-4,7-8,11H,5-6,9-10H2,1-2H3;1-3H,(H,10,11). The van der Waals surface area contributed by atoms with E-state index in [2.05, 4.69) is 36.9 Å². The summed E-state index contributed by atoms with van der Waals surface area (Å²) in [5, 5.41) is 0. The Morgan fingerprint density at radius 2 is 1.73 bits per heavy atom. The number of para-hydroxylation sites is 2. The number of hydrogen-bond acceptors (Lipinski definition) is 3. The number of ether oxygens (including phenoxy) is 1. The number of pyridine rings is 1. The van der Waals surface area contributed by atoms with Crippen LogP contribution in [0.1, 0.15) is 32.3 Å². The minimum atomic E-state index is -4.38. The molecule has 1 fully saturated rings. The molecule has 26 heavy (non-hydrogen) atoms. The Hall–Kier alpha value is -2.44. The summed E-state index contributed by atoms with van der Waals surface area (Å²) in [4.78, 5) is 14.7. The van der Waals surface area contributed by atoms with Crippen LogP contribution in [0.3, 0.4) is 0 Å². The molecule has 1 aliphatic heterocycles. The molecular weight excluding hydrogens is 345 g/mol. The van der Waals surface area contributed by atoms with Crippen LogP contribution in [-0.4, -0.2) is 24.2 Å². The molecule has 2 aromatic rings. The lowest BCUT2D eigenvalue weighted by molar-refractivity contribution is -0.137. The van der Waals surface area contributed by atoms with E-state index in [-0.39, 0.29) is 6.10 Å². The monoisotopic (exact) mass is 368 g/mol. The third-order valence-corrected chi connectivity index (χ3v) is 3.79. The van der Waals surface area contributed by atoms with E-state index in [9.17, 15) is 18.0 Å². The van der Waals surface area contributed by atoms with E-state index in [1.54, 1.807) is 0 Å². The van der Waals surface area contributed by atoms with E-state index in [4.69, 9.17) is 4.74 Å². The summed E-state index contributed by atoms with van der Waals surface area (Å²) in [7, 11) is 0. The van der Waals surface area contributed by atoms with Crippen LogP contribution in [0.5, 0.6) is 5.75 Å². The van der Waals surface area contributed by atoms with Gasteiger partial charge in [0.15, 0.2) is 0 Å². The summed E-state index contributed by atoms with van der Waals surface area (Å²) < 4.78 is 41.2. The van der Waals surface area contributed by atoms with Crippen LogP contribution in [0, 0.1) is 0 Å². The normalized spacial score (nSPS) is 14.2. The highest BCUT2D eigenvalue weighted by atomic mass is 19.4. The Morgan fingerprint density at radius 1 is 1.08 bits per heavy atom. The zero-order valence-electron chi connectivity index (χ0n) is 14.8. The average Bonchev–Trinajstić information content (AvgIpc) is 3.09. The molecule has 1 saturated heterocycles. The maximum atomic E-state index is 11.8. The van der Waals surface area contributed by atoms with Crippen LogP contribution in [0.2, 0.25) is 0 Å². The Bertz CT molecular complexity index is 730. The lowest BCUT2D eigenvalue weighted by Gasteiger charge is -2.22. The minimum Gasteiger partial charge on any atom is -0.489 e. The number of rotatable bonds is 3. The van der Waals surface area contributed by atoms with Gasteiger partial charge in [0.25, 0.3) is 0 Å². The van der Waals surface area contributed by atoms with Gasteiger partial charge in [-0.3, -0.25) is 4.79 Å². The SMILES string of the molecule is CC(C)Oc1ccccc1N1CCCC1.O=c1ccc(C(F)(F)F)c[nH]1. The zero-order valence-corrected chi connectivity index (χ0v) is 14.8. The molecule has 2 heterocycles. The van der Waals surface area contributed by atoms with Gasteiger partial charge in [0, 0.05) is 25.4 Å². The van der Waals surface area contributed by atoms with Crippen molar-refractivity contribution in [3.05, 3.63) is 58.5 Å². The topological polar surface area (TPSA) is 45.3 Å². The van der Waals surface area contributed by atoms with Crippen molar-refractivity contribution in [2.45, 2.75) is 39.0 Å². The molecule has 0 bridgehead atoms. The molecule has 1 N–H and O–H groups in total. The number of H-pyrrole nitrogens is 1. The third-order valence-electron chi connectivity index (χ3n) is 3.79. The van der Waals surface area contributed by atoms with E-state index in [1.807, 2.05) is 11.1 Å². The molecule has 0 aliphatic carbocycles. The van der Waals surface area contributed by atoms with Gasteiger partial charge >= 0.3 is 6.18 Å². The Kier molecular flexibility index (Phi) is 6.71. The van der Waals surface area contributed by atoms with Gasteiger partial charge in [-0.15, -0.1) is 0 Å². The first-order valence-corrected chi connectivity index (χ1v) is 8.54. The lowest BCUT2D eigenvalue weighted by atomic mass is 10.2. The molecule has 0 spiro atoms.